The second kappa shape index (κ2) is 7.39. The Morgan fingerprint density at radius 3 is 2.38 bits per heavy atom. The van der Waals surface area contributed by atoms with Gasteiger partial charge in [0.2, 0.25) is 0 Å². The Bertz CT molecular complexity index is 830. The summed E-state index contributed by atoms with van der Waals surface area (Å²) in [7, 11) is 1.61. The van der Waals surface area contributed by atoms with Gasteiger partial charge in [-0.3, -0.25) is 9.69 Å². The third-order valence-corrected chi connectivity index (χ3v) is 5.81. The molecule has 3 rings (SSSR count). The van der Waals surface area contributed by atoms with Gasteiger partial charge in [0.1, 0.15) is 5.75 Å². The first-order valence-corrected chi connectivity index (χ1v) is 9.68. The van der Waals surface area contributed by atoms with Crippen LogP contribution in [-0.4, -0.2) is 17.3 Å². The highest BCUT2D eigenvalue weighted by molar-refractivity contribution is 9.11. The molecule has 0 atom stereocenters. The molecule has 2 aromatic carbocycles. The standard InChI is InChI=1S/C17H11Br2NO2S2/c1-22-15-12(18)7-10(8-13(15)19)9-14-16(21)20(17(23)24-14)11-5-3-2-4-6-11/h2-9H,1H3/b14-9+. The molecule has 1 amide bonds. The molecule has 0 N–H and O–H groups in total. The fraction of sp³-hybridized carbons (Fsp3) is 0.0588. The zero-order chi connectivity index (χ0) is 17.3. The van der Waals surface area contributed by atoms with Crippen molar-refractivity contribution in [3.8, 4) is 5.75 Å². The number of thiocarbonyl (C=S) groups is 1. The van der Waals surface area contributed by atoms with E-state index in [1.807, 2.05) is 48.5 Å². The van der Waals surface area contributed by atoms with Crippen molar-refractivity contribution in [2.45, 2.75) is 0 Å². The van der Waals surface area contributed by atoms with Gasteiger partial charge in [-0.25, -0.2) is 0 Å². The van der Waals surface area contributed by atoms with Gasteiger partial charge >= 0.3 is 0 Å². The maximum absolute atomic E-state index is 12.7. The van der Waals surface area contributed by atoms with Crippen molar-refractivity contribution < 1.29 is 9.53 Å². The van der Waals surface area contributed by atoms with Crippen molar-refractivity contribution in [1.82, 2.24) is 0 Å². The van der Waals surface area contributed by atoms with Gasteiger partial charge in [0.25, 0.3) is 5.91 Å². The number of thioether (sulfide) groups is 1. The summed E-state index contributed by atoms with van der Waals surface area (Å²) < 4.78 is 7.45. The van der Waals surface area contributed by atoms with Crippen molar-refractivity contribution in [1.29, 1.82) is 0 Å². The first kappa shape index (κ1) is 17.7. The van der Waals surface area contributed by atoms with Gasteiger partial charge in [-0.15, -0.1) is 0 Å². The lowest BCUT2D eigenvalue weighted by Gasteiger charge is -2.13. The molecular formula is C17H11Br2NO2S2. The second-order valence-electron chi connectivity index (χ2n) is 4.87. The third-order valence-electron chi connectivity index (χ3n) is 3.33. The summed E-state index contributed by atoms with van der Waals surface area (Å²) in [5, 5.41) is 0. The molecule has 1 aliphatic rings. The minimum atomic E-state index is -0.112. The number of hydrogen-bond donors (Lipinski definition) is 0. The summed E-state index contributed by atoms with van der Waals surface area (Å²) >= 11 is 13.6. The zero-order valence-corrected chi connectivity index (χ0v) is 17.3. The molecule has 0 aromatic heterocycles. The van der Waals surface area contributed by atoms with Crippen LogP contribution in [0.2, 0.25) is 0 Å². The van der Waals surface area contributed by atoms with Gasteiger partial charge in [-0.05, 0) is 67.8 Å². The number of amides is 1. The van der Waals surface area contributed by atoms with E-state index in [1.165, 1.54) is 11.8 Å². The number of hydrogen-bond acceptors (Lipinski definition) is 4. The number of carbonyl (C=O) groups excluding carboxylic acids is 1. The maximum atomic E-state index is 12.7. The highest BCUT2D eigenvalue weighted by Crippen LogP contribution is 2.38. The molecule has 1 heterocycles. The van der Waals surface area contributed by atoms with E-state index in [4.69, 9.17) is 17.0 Å². The molecule has 0 aliphatic carbocycles. The highest BCUT2D eigenvalue weighted by Gasteiger charge is 2.33. The molecule has 1 saturated heterocycles. The number of rotatable bonds is 3. The maximum Gasteiger partial charge on any atom is 0.270 e. The van der Waals surface area contributed by atoms with Crippen LogP contribution in [0, 0.1) is 0 Å². The number of benzene rings is 2. The van der Waals surface area contributed by atoms with Crippen molar-refractivity contribution in [2.75, 3.05) is 12.0 Å². The Balaban J connectivity index is 1.95. The number of para-hydroxylation sites is 1. The summed E-state index contributed by atoms with van der Waals surface area (Å²) in [5.41, 5.74) is 1.66. The van der Waals surface area contributed by atoms with Crippen molar-refractivity contribution >= 4 is 77.8 Å². The number of carbonyl (C=O) groups is 1. The molecule has 7 heteroatoms. The van der Waals surface area contributed by atoms with Crippen LogP contribution >= 0.6 is 55.8 Å². The van der Waals surface area contributed by atoms with E-state index in [9.17, 15) is 4.79 Å². The van der Waals surface area contributed by atoms with Crippen LogP contribution in [0.3, 0.4) is 0 Å². The van der Waals surface area contributed by atoms with Gasteiger partial charge in [0.05, 0.1) is 26.6 Å². The molecule has 1 fully saturated rings. The largest absolute Gasteiger partial charge is 0.494 e. The van der Waals surface area contributed by atoms with Gasteiger partial charge in [0.15, 0.2) is 4.32 Å². The predicted octanol–water partition coefficient (Wildman–Crippen LogP) is 5.63. The Morgan fingerprint density at radius 2 is 1.79 bits per heavy atom. The summed E-state index contributed by atoms with van der Waals surface area (Å²) in [4.78, 5) is 14.9. The number of methoxy groups -OCH3 is 1. The lowest BCUT2D eigenvalue weighted by Crippen LogP contribution is -2.27. The molecule has 1 aliphatic heterocycles. The fourth-order valence-corrected chi connectivity index (χ4v) is 5.12. The smallest absolute Gasteiger partial charge is 0.270 e. The van der Waals surface area contributed by atoms with E-state index in [1.54, 1.807) is 12.0 Å². The first-order chi connectivity index (χ1) is 11.5. The van der Waals surface area contributed by atoms with Crippen LogP contribution in [0.4, 0.5) is 5.69 Å². The minimum absolute atomic E-state index is 0.112. The zero-order valence-electron chi connectivity index (χ0n) is 12.5. The van der Waals surface area contributed by atoms with Crippen molar-refractivity contribution in [2.24, 2.45) is 0 Å². The van der Waals surface area contributed by atoms with Crippen LogP contribution in [0.1, 0.15) is 5.56 Å². The molecular weight excluding hydrogens is 474 g/mol. The van der Waals surface area contributed by atoms with Crippen LogP contribution < -0.4 is 9.64 Å². The van der Waals surface area contributed by atoms with E-state index in [2.05, 4.69) is 31.9 Å². The Kier molecular flexibility index (Phi) is 5.44. The number of anilines is 1. The molecule has 0 bridgehead atoms. The summed E-state index contributed by atoms with van der Waals surface area (Å²) in [6.07, 6.45) is 1.83. The van der Waals surface area contributed by atoms with Crippen LogP contribution in [0.15, 0.2) is 56.3 Å². The summed E-state index contributed by atoms with van der Waals surface area (Å²) in [5.74, 6) is 0.600. The second-order valence-corrected chi connectivity index (χ2v) is 8.25. The highest BCUT2D eigenvalue weighted by atomic mass is 79.9. The Labute approximate surface area is 166 Å². The van der Waals surface area contributed by atoms with Gasteiger partial charge in [-0.1, -0.05) is 42.2 Å². The number of ether oxygens (including phenoxy) is 1. The molecule has 0 saturated carbocycles. The van der Waals surface area contributed by atoms with Crippen molar-refractivity contribution in [3.63, 3.8) is 0 Å². The third kappa shape index (κ3) is 3.44. The van der Waals surface area contributed by atoms with Gasteiger partial charge < -0.3 is 4.74 Å². The fourth-order valence-electron chi connectivity index (χ4n) is 2.28. The monoisotopic (exact) mass is 483 g/mol. The summed E-state index contributed by atoms with van der Waals surface area (Å²) in [6.45, 7) is 0. The average molecular weight is 485 g/mol. The van der Waals surface area contributed by atoms with E-state index >= 15 is 0 Å². The molecule has 122 valence electrons. The van der Waals surface area contributed by atoms with Crippen molar-refractivity contribution in [3.05, 3.63) is 61.9 Å². The number of nitrogens with zero attached hydrogens (tertiary/aromatic N) is 1. The SMILES string of the molecule is COc1c(Br)cc(/C=C2/SC(=S)N(c3ccccc3)C2=O)cc1Br. The van der Waals surface area contributed by atoms with E-state index < -0.39 is 0 Å². The van der Waals surface area contributed by atoms with Crippen LogP contribution in [0.25, 0.3) is 6.08 Å². The van der Waals surface area contributed by atoms with Gasteiger partial charge in [-0.2, -0.15) is 0 Å². The molecule has 0 spiro atoms. The molecule has 2 aromatic rings. The molecule has 0 radical (unpaired) electrons. The Hall–Kier alpha value is -1.15. The average Bonchev–Trinajstić information content (AvgIpc) is 2.82. The predicted molar refractivity (Wildman–Crippen MR) is 110 cm³/mol. The van der Waals surface area contributed by atoms with Crippen LogP contribution in [0.5, 0.6) is 5.75 Å². The minimum Gasteiger partial charge on any atom is -0.494 e. The van der Waals surface area contributed by atoms with E-state index in [0.29, 0.717) is 15.0 Å². The Morgan fingerprint density at radius 1 is 1.17 bits per heavy atom. The first-order valence-electron chi connectivity index (χ1n) is 6.87. The molecule has 24 heavy (non-hydrogen) atoms. The topological polar surface area (TPSA) is 29.5 Å². The lowest BCUT2D eigenvalue weighted by atomic mass is 10.2. The van der Waals surface area contributed by atoms with Gasteiger partial charge in [0, 0.05) is 0 Å². The summed E-state index contributed by atoms with van der Waals surface area (Å²) in [6, 6.07) is 13.2. The normalized spacial score (nSPS) is 16.1. The molecule has 3 nitrogen and oxygen atoms in total. The van der Waals surface area contributed by atoms with E-state index in [-0.39, 0.29) is 5.91 Å². The molecule has 0 unspecified atom stereocenters. The quantitative estimate of drug-likeness (QED) is 0.417. The van der Waals surface area contributed by atoms with Crippen LogP contribution in [-0.2, 0) is 4.79 Å². The van der Waals surface area contributed by atoms with E-state index in [0.717, 1.165) is 20.2 Å². The number of halogens is 2. The lowest BCUT2D eigenvalue weighted by molar-refractivity contribution is -0.113.